The summed E-state index contributed by atoms with van der Waals surface area (Å²) in [6, 6.07) is 22.6. The topological polar surface area (TPSA) is 206 Å². The first-order valence-corrected chi connectivity index (χ1v) is 20.4. The Labute approximate surface area is 338 Å². The van der Waals surface area contributed by atoms with Crippen molar-refractivity contribution in [2.75, 3.05) is 55.7 Å². The Morgan fingerprint density at radius 1 is 0.776 bits per heavy atom. The first-order chi connectivity index (χ1) is 27.5. The molecular formula is C43H50N4O10S. The van der Waals surface area contributed by atoms with Gasteiger partial charge in [0.25, 0.3) is 0 Å². The minimum Gasteiger partial charge on any atom is -0.496 e. The van der Waals surface area contributed by atoms with Gasteiger partial charge in [0.05, 0.1) is 62.9 Å². The number of methoxy groups -OCH3 is 2. The fourth-order valence-corrected chi connectivity index (χ4v) is 6.88. The van der Waals surface area contributed by atoms with Crippen LogP contribution in [0.2, 0.25) is 0 Å². The summed E-state index contributed by atoms with van der Waals surface area (Å²) in [7, 11) is -0.786. The maximum absolute atomic E-state index is 13.5. The molecule has 0 aliphatic rings. The van der Waals surface area contributed by atoms with E-state index in [1.54, 1.807) is 54.7 Å². The van der Waals surface area contributed by atoms with Crippen molar-refractivity contribution >= 4 is 49.7 Å². The zero-order chi connectivity index (χ0) is 42.3. The molecule has 0 aliphatic heterocycles. The van der Waals surface area contributed by atoms with Crippen molar-refractivity contribution in [3.63, 3.8) is 0 Å². The molecule has 5 rings (SSSR count). The van der Waals surface area contributed by atoms with Crippen LogP contribution in [0.1, 0.15) is 60.8 Å². The molecule has 1 aromatic heterocycles. The van der Waals surface area contributed by atoms with Gasteiger partial charge in [0, 0.05) is 47.0 Å². The number of amides is 2. The first-order valence-electron chi connectivity index (χ1n) is 18.5. The summed E-state index contributed by atoms with van der Waals surface area (Å²) in [5.41, 5.74) is 2.10. The van der Waals surface area contributed by atoms with Crippen molar-refractivity contribution in [1.82, 2.24) is 4.98 Å². The number of benzene rings is 4. The van der Waals surface area contributed by atoms with Crippen molar-refractivity contribution in [2.24, 2.45) is 5.41 Å². The van der Waals surface area contributed by atoms with E-state index < -0.39 is 41.3 Å². The van der Waals surface area contributed by atoms with E-state index in [0.29, 0.717) is 46.0 Å². The lowest BCUT2D eigenvalue weighted by Gasteiger charge is -2.26. The van der Waals surface area contributed by atoms with Crippen molar-refractivity contribution in [3.05, 3.63) is 107 Å². The normalized spacial score (nSPS) is 11.9. The maximum atomic E-state index is 13.5. The van der Waals surface area contributed by atoms with Gasteiger partial charge in [0.1, 0.15) is 17.2 Å². The van der Waals surface area contributed by atoms with Crippen LogP contribution in [0.4, 0.5) is 21.9 Å². The third-order valence-corrected chi connectivity index (χ3v) is 10.3. The molecule has 2 amide bonds. The largest absolute Gasteiger partial charge is 0.496 e. The Balaban J connectivity index is 1.33. The molecule has 0 radical (unpaired) electrons. The van der Waals surface area contributed by atoms with Gasteiger partial charge in [-0.15, -0.1) is 0 Å². The molecule has 0 aliphatic carbocycles. The molecule has 0 saturated carbocycles. The number of aliphatic hydroxyl groups excluding tert-OH is 3. The van der Waals surface area contributed by atoms with E-state index in [-0.39, 0.29) is 41.2 Å². The highest BCUT2D eigenvalue weighted by molar-refractivity contribution is 7.92. The van der Waals surface area contributed by atoms with Crippen LogP contribution in [0.25, 0.3) is 10.8 Å². The number of carbonyl (C=O) groups is 2. The second-order valence-electron chi connectivity index (χ2n) is 15.2. The zero-order valence-corrected chi connectivity index (χ0v) is 34.2. The van der Waals surface area contributed by atoms with E-state index >= 15 is 0 Å². The monoisotopic (exact) mass is 814 g/mol. The van der Waals surface area contributed by atoms with Crippen molar-refractivity contribution in [2.45, 2.75) is 45.4 Å². The van der Waals surface area contributed by atoms with Crippen LogP contribution < -0.4 is 29.6 Å². The van der Waals surface area contributed by atoms with Crippen LogP contribution in [-0.4, -0.2) is 80.8 Å². The highest BCUT2D eigenvalue weighted by Crippen LogP contribution is 2.40. The number of sulfonamides is 1. The Morgan fingerprint density at radius 3 is 2.09 bits per heavy atom. The average Bonchev–Trinajstić information content (AvgIpc) is 3.18. The van der Waals surface area contributed by atoms with E-state index in [9.17, 15) is 33.3 Å². The fourth-order valence-electron chi connectivity index (χ4n) is 6.32. The van der Waals surface area contributed by atoms with Gasteiger partial charge in [0.15, 0.2) is 11.5 Å². The van der Waals surface area contributed by atoms with E-state index in [2.05, 4.69) is 20.3 Å². The average molecular weight is 815 g/mol. The molecule has 5 aromatic rings. The standard InChI is InChI=1S/C43H50N4O10S/c1-42(2,3)28-21-35(40(56-5)36(22-28)47-58(6,53)54)46-41(52)45-34-13-14-38(32-10-8-7-9-31(32)34)57-30-16-18-44-29(23-30)19-27-11-12-33(39(20-27)55-4)37(51)15-17-43(24-48,25-49)26-50/h7-14,16,18,20-23,47-50H,15,17,19,24-26H2,1-6H3,(H2,45,46,52). The molecule has 308 valence electrons. The smallest absolute Gasteiger partial charge is 0.323 e. The number of ketones is 1. The predicted molar refractivity (Wildman–Crippen MR) is 224 cm³/mol. The van der Waals surface area contributed by atoms with Crippen molar-refractivity contribution in [1.29, 1.82) is 0 Å². The van der Waals surface area contributed by atoms with Crippen LogP contribution in [0.5, 0.6) is 23.0 Å². The second kappa shape index (κ2) is 18.2. The van der Waals surface area contributed by atoms with Crippen LogP contribution in [0.15, 0.2) is 85.1 Å². The zero-order valence-electron chi connectivity index (χ0n) is 33.4. The van der Waals surface area contributed by atoms with E-state index in [4.69, 9.17) is 14.2 Å². The summed E-state index contributed by atoms with van der Waals surface area (Å²) in [5.74, 6) is 1.35. The predicted octanol–water partition coefficient (Wildman–Crippen LogP) is 6.87. The molecule has 0 bridgehead atoms. The second-order valence-corrected chi connectivity index (χ2v) is 16.9. The third kappa shape index (κ3) is 10.6. The molecule has 0 atom stereocenters. The van der Waals surface area contributed by atoms with Gasteiger partial charge in [-0.05, 0) is 65.4 Å². The molecule has 0 saturated heterocycles. The van der Waals surface area contributed by atoms with Gasteiger partial charge < -0.3 is 40.2 Å². The SMILES string of the molecule is COc1cc(Cc2cc(Oc3ccc(NC(=O)Nc4cc(C(C)(C)C)cc(NS(C)(=O)=O)c4OC)c4ccccc34)ccn2)ccc1C(=O)CCC(CO)(CO)CO. The number of anilines is 3. The summed E-state index contributed by atoms with van der Waals surface area (Å²) in [5, 5.41) is 36.1. The number of aromatic nitrogens is 1. The maximum Gasteiger partial charge on any atom is 0.323 e. The molecule has 4 aromatic carbocycles. The summed E-state index contributed by atoms with van der Waals surface area (Å²) < 4.78 is 44.3. The number of Topliss-reactive ketones (excluding diaryl/α,β-unsaturated/α-hetero) is 1. The summed E-state index contributed by atoms with van der Waals surface area (Å²) in [6.45, 7) is 4.58. The van der Waals surface area contributed by atoms with Crippen LogP contribution >= 0.6 is 0 Å². The van der Waals surface area contributed by atoms with Gasteiger partial charge in [-0.25, -0.2) is 13.2 Å². The third-order valence-electron chi connectivity index (χ3n) is 9.69. The molecular weight excluding hydrogens is 765 g/mol. The fraction of sp³-hybridized carbons (Fsp3) is 0.326. The lowest BCUT2D eigenvalue weighted by Crippen LogP contribution is -2.34. The Morgan fingerprint density at radius 2 is 1.45 bits per heavy atom. The Kier molecular flexibility index (Phi) is 13.6. The molecule has 14 nitrogen and oxygen atoms in total. The van der Waals surface area contributed by atoms with E-state index in [0.717, 1.165) is 22.8 Å². The van der Waals surface area contributed by atoms with Crippen LogP contribution in [-0.2, 0) is 21.9 Å². The highest BCUT2D eigenvalue weighted by atomic mass is 32.2. The summed E-state index contributed by atoms with van der Waals surface area (Å²) in [4.78, 5) is 31.1. The molecule has 15 heteroatoms. The quantitative estimate of drug-likeness (QED) is 0.0534. The van der Waals surface area contributed by atoms with Gasteiger partial charge in [-0.1, -0.05) is 51.1 Å². The Hall–Kier alpha value is -5.74. The minimum atomic E-state index is -3.65. The molecule has 6 N–H and O–H groups in total. The van der Waals surface area contributed by atoms with Gasteiger partial charge in [-0.2, -0.15) is 0 Å². The number of aliphatic hydroxyl groups is 3. The number of urea groups is 1. The minimum absolute atomic E-state index is 0.00620. The molecule has 0 unspecified atom stereocenters. The molecule has 58 heavy (non-hydrogen) atoms. The number of fused-ring (bicyclic) bond motifs is 1. The van der Waals surface area contributed by atoms with Gasteiger partial charge in [0.2, 0.25) is 10.0 Å². The Bertz CT molecular complexity index is 2380. The summed E-state index contributed by atoms with van der Waals surface area (Å²) in [6.07, 6.45) is 3.20. The number of pyridine rings is 1. The van der Waals surface area contributed by atoms with Crippen LogP contribution in [0, 0.1) is 5.41 Å². The molecule has 0 fully saturated rings. The number of rotatable bonds is 17. The lowest BCUT2D eigenvalue weighted by atomic mass is 9.84. The van der Waals surface area contributed by atoms with Gasteiger partial charge >= 0.3 is 6.03 Å². The summed E-state index contributed by atoms with van der Waals surface area (Å²) >= 11 is 0. The van der Waals surface area contributed by atoms with Gasteiger partial charge in [-0.3, -0.25) is 14.5 Å². The van der Waals surface area contributed by atoms with E-state index in [1.165, 1.54) is 14.2 Å². The number of ether oxygens (including phenoxy) is 3. The molecule has 1 heterocycles. The first kappa shape index (κ1) is 43.4. The number of carbonyl (C=O) groups excluding carboxylic acids is 2. The van der Waals surface area contributed by atoms with Crippen molar-refractivity contribution in [3.8, 4) is 23.0 Å². The number of hydrogen-bond acceptors (Lipinski definition) is 11. The van der Waals surface area contributed by atoms with Crippen molar-refractivity contribution < 1.29 is 47.5 Å². The number of hydrogen-bond donors (Lipinski definition) is 6. The number of nitrogens with zero attached hydrogens (tertiary/aromatic N) is 1. The number of nitrogens with one attached hydrogen (secondary N) is 3. The van der Waals surface area contributed by atoms with E-state index in [1.807, 2.05) is 51.1 Å². The van der Waals surface area contributed by atoms with Crippen LogP contribution in [0.3, 0.4) is 0 Å². The molecule has 0 spiro atoms. The highest BCUT2D eigenvalue weighted by Gasteiger charge is 2.29. The lowest BCUT2D eigenvalue weighted by molar-refractivity contribution is -0.000992.